The number of imidazole rings is 1. The normalized spacial score (nSPS) is 11.0. The molecule has 0 radical (unpaired) electrons. The Bertz CT molecular complexity index is 878. The molecule has 0 saturated heterocycles. The average Bonchev–Trinajstić information content (AvgIpc) is 3.33. The Kier molecular flexibility index (Phi) is 3.44. The topological polar surface area (TPSA) is 74.6 Å². The molecule has 0 aliphatic carbocycles. The maximum Gasteiger partial charge on any atom is 0.226 e. The number of oxazole rings is 1. The summed E-state index contributed by atoms with van der Waals surface area (Å²) >= 11 is 0. The zero-order valence-corrected chi connectivity index (χ0v) is 12.3. The fourth-order valence-corrected chi connectivity index (χ4v) is 2.37. The largest absolute Gasteiger partial charge is 0.444 e. The first-order valence-electron chi connectivity index (χ1n) is 7.27. The third-order valence-corrected chi connectivity index (χ3v) is 3.51. The Morgan fingerprint density at radius 1 is 1.00 bits per heavy atom. The number of rotatable bonds is 5. The lowest BCUT2D eigenvalue weighted by atomic mass is 10.2. The highest BCUT2D eigenvalue weighted by Gasteiger charge is 2.12. The molecule has 0 spiro atoms. The van der Waals surface area contributed by atoms with Crippen molar-refractivity contribution in [2.45, 2.75) is 13.1 Å². The van der Waals surface area contributed by atoms with Gasteiger partial charge in [0, 0.05) is 30.7 Å². The molecule has 3 heterocycles. The van der Waals surface area contributed by atoms with Gasteiger partial charge in [0.1, 0.15) is 12.0 Å². The minimum atomic E-state index is 0.589. The molecule has 3 aromatic heterocycles. The average molecular weight is 306 g/mol. The van der Waals surface area contributed by atoms with E-state index in [1.807, 2.05) is 47.3 Å². The molecule has 0 bridgehead atoms. The molecule has 0 unspecified atom stereocenters. The van der Waals surface area contributed by atoms with Crippen LogP contribution in [0, 0.1) is 0 Å². The van der Waals surface area contributed by atoms with E-state index in [4.69, 9.17) is 4.42 Å². The molecular formula is C16H14N6O. The van der Waals surface area contributed by atoms with Crippen molar-refractivity contribution in [3.05, 3.63) is 61.4 Å². The lowest BCUT2D eigenvalue weighted by Crippen LogP contribution is -2.08. The molecule has 4 rings (SSSR count). The van der Waals surface area contributed by atoms with Crippen LogP contribution in [0.1, 0.15) is 0 Å². The van der Waals surface area contributed by atoms with Crippen LogP contribution in [0.2, 0.25) is 0 Å². The molecule has 4 aromatic rings. The number of aromatic nitrogens is 6. The van der Waals surface area contributed by atoms with Crippen molar-refractivity contribution >= 4 is 0 Å². The summed E-state index contributed by atoms with van der Waals surface area (Å²) in [6.45, 7) is 1.44. The van der Waals surface area contributed by atoms with Crippen molar-refractivity contribution < 1.29 is 4.42 Å². The van der Waals surface area contributed by atoms with Gasteiger partial charge in [0.25, 0.3) is 0 Å². The van der Waals surface area contributed by atoms with Crippen LogP contribution >= 0.6 is 0 Å². The summed E-state index contributed by atoms with van der Waals surface area (Å²) in [7, 11) is 0. The molecule has 23 heavy (non-hydrogen) atoms. The minimum absolute atomic E-state index is 0.589. The molecule has 0 aliphatic heterocycles. The standard InChI is InChI=1S/C16H14N6O/c1-2-4-13(5-3-1)16-19-14(12-23-16)15-17-6-8-21(15)10-11-22-9-7-18-20-22/h1-9,12H,10-11H2. The fraction of sp³-hybridized carbons (Fsp3) is 0.125. The van der Waals surface area contributed by atoms with Crippen molar-refractivity contribution in [3.8, 4) is 23.0 Å². The van der Waals surface area contributed by atoms with Crippen LogP contribution in [0.3, 0.4) is 0 Å². The minimum Gasteiger partial charge on any atom is -0.444 e. The Morgan fingerprint density at radius 3 is 2.74 bits per heavy atom. The lowest BCUT2D eigenvalue weighted by Gasteiger charge is -2.05. The maximum atomic E-state index is 5.59. The molecule has 114 valence electrons. The second-order valence-corrected chi connectivity index (χ2v) is 5.01. The first-order valence-corrected chi connectivity index (χ1v) is 7.27. The van der Waals surface area contributed by atoms with Crippen molar-refractivity contribution in [2.75, 3.05) is 0 Å². The molecular weight excluding hydrogens is 292 g/mol. The van der Waals surface area contributed by atoms with Crippen LogP contribution < -0.4 is 0 Å². The number of aryl methyl sites for hydroxylation is 2. The quantitative estimate of drug-likeness (QED) is 0.566. The van der Waals surface area contributed by atoms with Gasteiger partial charge in [-0.05, 0) is 12.1 Å². The maximum absolute atomic E-state index is 5.59. The first-order chi connectivity index (χ1) is 11.4. The summed E-state index contributed by atoms with van der Waals surface area (Å²) in [6, 6.07) is 9.81. The first kappa shape index (κ1) is 13.4. The van der Waals surface area contributed by atoms with Crippen LogP contribution in [0.5, 0.6) is 0 Å². The van der Waals surface area contributed by atoms with Gasteiger partial charge < -0.3 is 8.98 Å². The molecule has 7 nitrogen and oxygen atoms in total. The van der Waals surface area contributed by atoms with Crippen LogP contribution in [0.25, 0.3) is 23.0 Å². The number of hydrogen-bond acceptors (Lipinski definition) is 5. The zero-order chi connectivity index (χ0) is 15.5. The lowest BCUT2D eigenvalue weighted by molar-refractivity contribution is 0.521. The molecule has 0 N–H and O–H groups in total. The number of nitrogens with zero attached hydrogens (tertiary/aromatic N) is 6. The Morgan fingerprint density at radius 2 is 1.91 bits per heavy atom. The number of hydrogen-bond donors (Lipinski definition) is 0. The summed E-state index contributed by atoms with van der Waals surface area (Å²) in [5, 5.41) is 7.76. The molecule has 0 saturated carbocycles. The highest BCUT2D eigenvalue weighted by atomic mass is 16.3. The van der Waals surface area contributed by atoms with E-state index in [0.717, 1.165) is 17.9 Å². The predicted octanol–water partition coefficient (Wildman–Crippen LogP) is 2.50. The van der Waals surface area contributed by atoms with Gasteiger partial charge >= 0.3 is 0 Å². The van der Waals surface area contributed by atoms with E-state index in [1.54, 1.807) is 23.3 Å². The zero-order valence-electron chi connectivity index (χ0n) is 12.3. The van der Waals surface area contributed by atoms with E-state index in [1.165, 1.54) is 0 Å². The molecule has 0 aliphatic rings. The summed E-state index contributed by atoms with van der Waals surface area (Å²) < 4.78 is 9.39. The van der Waals surface area contributed by atoms with E-state index < -0.39 is 0 Å². The number of benzene rings is 1. The van der Waals surface area contributed by atoms with Crippen molar-refractivity contribution in [3.63, 3.8) is 0 Å². The fourth-order valence-electron chi connectivity index (χ4n) is 2.37. The van der Waals surface area contributed by atoms with Gasteiger partial charge in [-0.1, -0.05) is 23.4 Å². The van der Waals surface area contributed by atoms with Crippen LogP contribution in [0.15, 0.2) is 65.8 Å². The highest BCUT2D eigenvalue weighted by Crippen LogP contribution is 2.23. The van der Waals surface area contributed by atoms with Gasteiger partial charge in [0.15, 0.2) is 5.82 Å². The van der Waals surface area contributed by atoms with Crippen molar-refractivity contribution in [2.24, 2.45) is 0 Å². The monoisotopic (exact) mass is 306 g/mol. The van der Waals surface area contributed by atoms with E-state index in [0.29, 0.717) is 18.1 Å². The van der Waals surface area contributed by atoms with Gasteiger partial charge in [0.2, 0.25) is 5.89 Å². The second-order valence-electron chi connectivity index (χ2n) is 5.01. The SMILES string of the molecule is c1ccc(-c2nc(-c3nccn3CCn3ccnn3)co2)cc1. The third-order valence-electron chi connectivity index (χ3n) is 3.51. The predicted molar refractivity (Wildman–Crippen MR) is 83.2 cm³/mol. The molecule has 0 amide bonds. The van der Waals surface area contributed by atoms with Crippen LogP contribution in [-0.4, -0.2) is 29.5 Å². The second kappa shape index (κ2) is 5.88. The molecule has 0 atom stereocenters. The van der Waals surface area contributed by atoms with Crippen molar-refractivity contribution in [1.82, 2.24) is 29.5 Å². The molecule has 7 heteroatoms. The molecule has 0 fully saturated rings. The summed E-state index contributed by atoms with van der Waals surface area (Å²) in [6.07, 6.45) is 8.81. The van der Waals surface area contributed by atoms with Crippen molar-refractivity contribution in [1.29, 1.82) is 0 Å². The summed E-state index contributed by atoms with van der Waals surface area (Å²) in [5.41, 5.74) is 1.66. The highest BCUT2D eigenvalue weighted by molar-refractivity contribution is 5.58. The van der Waals surface area contributed by atoms with Gasteiger partial charge in [-0.25, -0.2) is 9.97 Å². The van der Waals surface area contributed by atoms with Crippen LogP contribution in [0.4, 0.5) is 0 Å². The van der Waals surface area contributed by atoms with Gasteiger partial charge in [-0.3, -0.25) is 4.68 Å². The molecule has 1 aromatic carbocycles. The van der Waals surface area contributed by atoms with Crippen LogP contribution in [-0.2, 0) is 13.1 Å². The van der Waals surface area contributed by atoms with E-state index in [2.05, 4.69) is 20.3 Å². The third kappa shape index (κ3) is 2.76. The Labute approximate surface area is 132 Å². The van der Waals surface area contributed by atoms with Gasteiger partial charge in [-0.2, -0.15) is 0 Å². The van der Waals surface area contributed by atoms with Gasteiger partial charge in [0.05, 0.1) is 12.7 Å². The Hall–Kier alpha value is -3.22. The van der Waals surface area contributed by atoms with E-state index >= 15 is 0 Å². The summed E-state index contributed by atoms with van der Waals surface area (Å²) in [4.78, 5) is 8.93. The van der Waals surface area contributed by atoms with E-state index in [-0.39, 0.29) is 0 Å². The van der Waals surface area contributed by atoms with E-state index in [9.17, 15) is 0 Å². The van der Waals surface area contributed by atoms with Gasteiger partial charge in [-0.15, -0.1) is 5.10 Å². The Balaban J connectivity index is 1.57. The smallest absolute Gasteiger partial charge is 0.226 e. The summed E-state index contributed by atoms with van der Waals surface area (Å²) in [5.74, 6) is 1.36.